The van der Waals surface area contributed by atoms with E-state index in [9.17, 15) is 9.18 Å². The molecule has 1 amide bonds. The fraction of sp³-hybridized carbons (Fsp3) is 0.375. The number of hydrogen-bond donors (Lipinski definition) is 2. The van der Waals surface area contributed by atoms with Crippen LogP contribution < -0.4 is 5.32 Å². The maximum Gasteiger partial charge on any atom is 0.224 e. The van der Waals surface area contributed by atoms with E-state index in [4.69, 9.17) is 0 Å². The van der Waals surface area contributed by atoms with Crippen LogP contribution in [0.25, 0.3) is 10.9 Å². The Kier molecular flexibility index (Phi) is 6.16. The number of piperazine rings is 1. The molecule has 2 aromatic carbocycles. The van der Waals surface area contributed by atoms with Crippen LogP contribution in [0.15, 0.2) is 42.5 Å². The van der Waals surface area contributed by atoms with Crippen LogP contribution in [0.5, 0.6) is 0 Å². The number of nitrogens with zero attached hydrogens (tertiary/aromatic N) is 2. The summed E-state index contributed by atoms with van der Waals surface area (Å²) in [5, 5.41) is 3.79. The second-order valence-electron chi connectivity index (χ2n) is 8.27. The molecule has 1 saturated heterocycles. The van der Waals surface area contributed by atoms with Gasteiger partial charge in [0.05, 0.1) is 6.42 Å². The van der Waals surface area contributed by atoms with E-state index in [-0.39, 0.29) is 18.1 Å². The average Bonchev–Trinajstić information content (AvgIpc) is 3.03. The molecule has 158 valence electrons. The normalized spacial score (nSPS) is 15.6. The molecular formula is C24H29FN4O. The molecule has 1 fully saturated rings. The topological polar surface area (TPSA) is 51.4 Å². The quantitative estimate of drug-likeness (QED) is 0.659. The van der Waals surface area contributed by atoms with Crippen molar-refractivity contribution in [3.05, 3.63) is 70.7 Å². The number of rotatable bonds is 6. The van der Waals surface area contributed by atoms with Gasteiger partial charge in [-0.05, 0) is 48.9 Å². The molecule has 2 N–H and O–H groups in total. The van der Waals surface area contributed by atoms with Crippen molar-refractivity contribution in [3.63, 3.8) is 0 Å². The fourth-order valence-electron chi connectivity index (χ4n) is 4.11. The van der Waals surface area contributed by atoms with E-state index >= 15 is 0 Å². The average molecular weight is 409 g/mol. The SMILES string of the molecule is Cc1[nH]c2ccc(F)cc2c1CC(=O)NCc1cccc(CN2CCN(C)CC2)c1. The minimum Gasteiger partial charge on any atom is -0.358 e. The zero-order valence-corrected chi connectivity index (χ0v) is 17.7. The van der Waals surface area contributed by atoms with Crippen LogP contribution in [-0.4, -0.2) is 53.9 Å². The van der Waals surface area contributed by atoms with Gasteiger partial charge in [-0.1, -0.05) is 24.3 Å². The van der Waals surface area contributed by atoms with Gasteiger partial charge in [-0.25, -0.2) is 4.39 Å². The molecule has 0 bridgehead atoms. The molecule has 5 nitrogen and oxygen atoms in total. The first-order chi connectivity index (χ1) is 14.5. The molecule has 0 aliphatic carbocycles. The summed E-state index contributed by atoms with van der Waals surface area (Å²) in [4.78, 5) is 20.6. The molecule has 6 heteroatoms. The fourth-order valence-corrected chi connectivity index (χ4v) is 4.11. The Morgan fingerprint density at radius 1 is 1.10 bits per heavy atom. The van der Waals surface area contributed by atoms with Gasteiger partial charge in [-0.2, -0.15) is 0 Å². The Morgan fingerprint density at radius 2 is 1.87 bits per heavy atom. The van der Waals surface area contributed by atoms with Crippen molar-refractivity contribution in [3.8, 4) is 0 Å². The third-order valence-corrected chi connectivity index (χ3v) is 5.90. The molecule has 0 atom stereocenters. The predicted octanol–water partition coefficient (Wildman–Crippen LogP) is 3.22. The summed E-state index contributed by atoms with van der Waals surface area (Å²) in [5.41, 5.74) is 4.98. The van der Waals surface area contributed by atoms with Crippen LogP contribution in [0.1, 0.15) is 22.4 Å². The van der Waals surface area contributed by atoms with Crippen molar-refractivity contribution in [2.75, 3.05) is 33.2 Å². The Morgan fingerprint density at radius 3 is 2.67 bits per heavy atom. The highest BCUT2D eigenvalue weighted by Crippen LogP contribution is 2.23. The molecule has 1 aromatic heterocycles. The first-order valence-electron chi connectivity index (χ1n) is 10.5. The number of nitrogens with one attached hydrogen (secondary N) is 2. The molecule has 0 radical (unpaired) electrons. The minimum atomic E-state index is -0.291. The summed E-state index contributed by atoms with van der Waals surface area (Å²) in [6.07, 6.45) is 0.232. The molecule has 0 spiro atoms. The van der Waals surface area contributed by atoms with Crippen molar-refractivity contribution >= 4 is 16.8 Å². The number of H-pyrrole nitrogens is 1. The second kappa shape index (κ2) is 8.98. The summed E-state index contributed by atoms with van der Waals surface area (Å²) in [6, 6.07) is 13.0. The lowest BCUT2D eigenvalue weighted by Crippen LogP contribution is -2.43. The van der Waals surface area contributed by atoms with Crippen LogP contribution in [0.2, 0.25) is 0 Å². The highest BCUT2D eigenvalue weighted by molar-refractivity contribution is 5.90. The molecule has 1 aliphatic heterocycles. The van der Waals surface area contributed by atoms with Crippen molar-refractivity contribution < 1.29 is 9.18 Å². The van der Waals surface area contributed by atoms with E-state index in [0.29, 0.717) is 6.54 Å². The maximum absolute atomic E-state index is 13.6. The summed E-state index contributed by atoms with van der Waals surface area (Å²) >= 11 is 0. The van der Waals surface area contributed by atoms with Gasteiger partial charge >= 0.3 is 0 Å². The second-order valence-corrected chi connectivity index (χ2v) is 8.27. The van der Waals surface area contributed by atoms with Crippen LogP contribution >= 0.6 is 0 Å². The molecule has 2 heterocycles. The highest BCUT2D eigenvalue weighted by Gasteiger charge is 2.15. The maximum atomic E-state index is 13.6. The number of hydrogen-bond acceptors (Lipinski definition) is 3. The van der Waals surface area contributed by atoms with Gasteiger partial charge in [0.15, 0.2) is 0 Å². The van der Waals surface area contributed by atoms with E-state index < -0.39 is 0 Å². The molecular weight excluding hydrogens is 379 g/mol. The van der Waals surface area contributed by atoms with E-state index in [2.05, 4.69) is 45.3 Å². The Balaban J connectivity index is 1.35. The van der Waals surface area contributed by atoms with Gasteiger partial charge in [0.2, 0.25) is 5.91 Å². The van der Waals surface area contributed by atoms with Crippen LogP contribution in [0.3, 0.4) is 0 Å². The van der Waals surface area contributed by atoms with Crippen molar-refractivity contribution in [1.29, 1.82) is 0 Å². The predicted molar refractivity (Wildman–Crippen MR) is 118 cm³/mol. The van der Waals surface area contributed by atoms with E-state index in [0.717, 1.165) is 60.4 Å². The van der Waals surface area contributed by atoms with Gasteiger partial charge in [-0.15, -0.1) is 0 Å². The van der Waals surface area contributed by atoms with Gasteiger partial charge in [-0.3, -0.25) is 9.69 Å². The highest BCUT2D eigenvalue weighted by atomic mass is 19.1. The third kappa shape index (κ3) is 4.89. The summed E-state index contributed by atoms with van der Waals surface area (Å²) < 4.78 is 13.6. The molecule has 30 heavy (non-hydrogen) atoms. The number of aryl methyl sites for hydroxylation is 1. The van der Waals surface area contributed by atoms with Gasteiger partial charge in [0, 0.05) is 55.9 Å². The van der Waals surface area contributed by atoms with E-state index in [1.54, 1.807) is 6.07 Å². The largest absolute Gasteiger partial charge is 0.358 e. The zero-order valence-electron chi connectivity index (χ0n) is 17.7. The zero-order chi connectivity index (χ0) is 21.1. The monoisotopic (exact) mass is 408 g/mol. The molecule has 3 aromatic rings. The lowest BCUT2D eigenvalue weighted by atomic mass is 10.1. The van der Waals surface area contributed by atoms with Gasteiger partial charge in [0.1, 0.15) is 5.82 Å². The Labute approximate surface area is 176 Å². The molecule has 1 aliphatic rings. The first kappa shape index (κ1) is 20.6. The third-order valence-electron chi connectivity index (χ3n) is 5.90. The Bertz CT molecular complexity index is 1040. The Hall–Kier alpha value is -2.70. The molecule has 4 rings (SSSR count). The molecule has 0 unspecified atom stereocenters. The van der Waals surface area contributed by atoms with E-state index in [1.807, 2.05) is 13.0 Å². The van der Waals surface area contributed by atoms with Crippen LogP contribution in [0.4, 0.5) is 4.39 Å². The van der Waals surface area contributed by atoms with Crippen molar-refractivity contribution in [2.24, 2.45) is 0 Å². The summed E-state index contributed by atoms with van der Waals surface area (Å²) in [7, 11) is 2.16. The summed E-state index contributed by atoms with van der Waals surface area (Å²) in [6.45, 7) is 7.73. The minimum absolute atomic E-state index is 0.0623. The number of carbonyl (C=O) groups is 1. The molecule has 0 saturated carbocycles. The number of carbonyl (C=O) groups excluding carboxylic acids is 1. The lowest BCUT2D eigenvalue weighted by molar-refractivity contribution is -0.120. The van der Waals surface area contributed by atoms with Crippen LogP contribution in [-0.2, 0) is 24.3 Å². The van der Waals surface area contributed by atoms with Crippen molar-refractivity contribution in [1.82, 2.24) is 20.1 Å². The lowest BCUT2D eigenvalue weighted by Gasteiger charge is -2.32. The van der Waals surface area contributed by atoms with E-state index in [1.165, 1.54) is 17.7 Å². The summed E-state index contributed by atoms with van der Waals surface area (Å²) in [5.74, 6) is -0.354. The van der Waals surface area contributed by atoms with Crippen molar-refractivity contribution in [2.45, 2.75) is 26.4 Å². The number of amides is 1. The number of aromatic nitrogens is 1. The number of benzene rings is 2. The van der Waals surface area contributed by atoms with Crippen LogP contribution in [0, 0.1) is 12.7 Å². The first-order valence-corrected chi connectivity index (χ1v) is 10.5. The number of fused-ring (bicyclic) bond motifs is 1. The van der Waals surface area contributed by atoms with Gasteiger partial charge in [0.25, 0.3) is 0 Å². The standard InChI is InChI=1S/C24H29FN4O/c1-17-21(22-13-20(25)6-7-23(22)27-17)14-24(30)26-15-18-4-3-5-19(12-18)16-29-10-8-28(2)9-11-29/h3-7,12-13,27H,8-11,14-16H2,1-2H3,(H,26,30). The number of aromatic amines is 1. The number of halogens is 1. The van der Waals surface area contributed by atoms with Gasteiger partial charge < -0.3 is 15.2 Å². The number of likely N-dealkylation sites (N-methyl/N-ethyl adjacent to an activating group) is 1. The smallest absolute Gasteiger partial charge is 0.224 e.